The van der Waals surface area contributed by atoms with Crippen molar-refractivity contribution in [3.8, 4) is 0 Å². The Morgan fingerprint density at radius 3 is 2.24 bits per heavy atom. The van der Waals surface area contributed by atoms with E-state index in [2.05, 4.69) is 31.3 Å². The van der Waals surface area contributed by atoms with Gasteiger partial charge in [-0.2, -0.15) is 0 Å². The molecule has 0 radical (unpaired) electrons. The fourth-order valence-electron chi connectivity index (χ4n) is 2.86. The number of nitrogens with one attached hydrogen (secondary N) is 1. The molecule has 4 nitrogen and oxygen atoms in total. The van der Waals surface area contributed by atoms with E-state index in [0.717, 1.165) is 31.2 Å². The molecule has 21 heavy (non-hydrogen) atoms. The summed E-state index contributed by atoms with van der Waals surface area (Å²) in [7, 11) is 0. The minimum Gasteiger partial charge on any atom is -0.353 e. The molecule has 0 bridgehead atoms. The Labute approximate surface area is 127 Å². The predicted octanol–water partition coefficient (Wildman–Crippen LogP) is 2.20. The van der Waals surface area contributed by atoms with Crippen molar-refractivity contribution in [1.82, 2.24) is 5.32 Å². The van der Waals surface area contributed by atoms with Crippen LogP contribution in [0.5, 0.6) is 0 Å². The van der Waals surface area contributed by atoms with Crippen molar-refractivity contribution in [2.24, 2.45) is 11.5 Å². The SMILES string of the molecule is CC(C)c1ccc(C(N)CNC(=O)C2(N)CCCC2)cc1. The number of nitrogens with two attached hydrogens (primary N) is 2. The van der Waals surface area contributed by atoms with Crippen LogP contribution in [-0.2, 0) is 4.79 Å². The molecule has 0 aromatic heterocycles. The van der Waals surface area contributed by atoms with Crippen molar-refractivity contribution < 1.29 is 4.79 Å². The Morgan fingerprint density at radius 1 is 1.19 bits per heavy atom. The highest BCUT2D eigenvalue weighted by Gasteiger charge is 2.36. The molecule has 1 unspecified atom stereocenters. The van der Waals surface area contributed by atoms with Gasteiger partial charge in [0.2, 0.25) is 5.91 Å². The van der Waals surface area contributed by atoms with E-state index in [-0.39, 0.29) is 11.9 Å². The van der Waals surface area contributed by atoms with Gasteiger partial charge in [0.15, 0.2) is 0 Å². The maximum absolute atomic E-state index is 12.2. The van der Waals surface area contributed by atoms with E-state index in [1.165, 1.54) is 5.56 Å². The van der Waals surface area contributed by atoms with E-state index < -0.39 is 5.54 Å². The molecular weight excluding hydrogens is 262 g/mol. The molecular formula is C17H27N3O. The van der Waals surface area contributed by atoms with Crippen LogP contribution >= 0.6 is 0 Å². The molecule has 1 amide bonds. The molecule has 1 aromatic carbocycles. The lowest BCUT2D eigenvalue weighted by atomic mass is 9.97. The van der Waals surface area contributed by atoms with Gasteiger partial charge in [-0.15, -0.1) is 0 Å². The molecule has 4 heteroatoms. The van der Waals surface area contributed by atoms with Gasteiger partial charge in [0, 0.05) is 12.6 Å². The number of hydrogen-bond donors (Lipinski definition) is 3. The van der Waals surface area contributed by atoms with Gasteiger partial charge in [-0.1, -0.05) is 51.0 Å². The Kier molecular flexibility index (Phi) is 5.01. The molecule has 0 heterocycles. The highest BCUT2D eigenvalue weighted by molar-refractivity contribution is 5.86. The van der Waals surface area contributed by atoms with Gasteiger partial charge in [0.05, 0.1) is 5.54 Å². The number of rotatable bonds is 5. The number of amides is 1. The van der Waals surface area contributed by atoms with Gasteiger partial charge in [-0.3, -0.25) is 4.79 Å². The van der Waals surface area contributed by atoms with Crippen LogP contribution in [0.1, 0.15) is 62.6 Å². The van der Waals surface area contributed by atoms with Crippen LogP contribution < -0.4 is 16.8 Å². The lowest BCUT2D eigenvalue weighted by Gasteiger charge is -2.23. The molecule has 0 spiro atoms. The van der Waals surface area contributed by atoms with Gasteiger partial charge in [0.25, 0.3) is 0 Å². The third kappa shape index (κ3) is 3.83. The van der Waals surface area contributed by atoms with Gasteiger partial charge >= 0.3 is 0 Å². The number of benzene rings is 1. The summed E-state index contributed by atoms with van der Waals surface area (Å²) in [6.45, 7) is 4.76. The third-order valence-corrected chi connectivity index (χ3v) is 4.46. The van der Waals surface area contributed by atoms with Crippen LogP contribution in [0.2, 0.25) is 0 Å². The van der Waals surface area contributed by atoms with Crippen LogP contribution in [0.15, 0.2) is 24.3 Å². The highest BCUT2D eigenvalue weighted by atomic mass is 16.2. The standard InChI is InChI=1S/C17H27N3O/c1-12(2)13-5-7-14(8-6-13)15(18)11-20-16(21)17(19)9-3-4-10-17/h5-8,12,15H,3-4,9-11,18-19H2,1-2H3,(H,20,21). The Bertz CT molecular complexity index is 475. The first-order chi connectivity index (χ1) is 9.92. The van der Waals surface area contributed by atoms with E-state index in [0.29, 0.717) is 12.5 Å². The van der Waals surface area contributed by atoms with E-state index in [1.54, 1.807) is 0 Å². The van der Waals surface area contributed by atoms with Gasteiger partial charge in [-0.25, -0.2) is 0 Å². The van der Waals surface area contributed by atoms with Gasteiger partial charge < -0.3 is 16.8 Å². The maximum Gasteiger partial charge on any atom is 0.240 e. The monoisotopic (exact) mass is 289 g/mol. The molecule has 1 atom stereocenters. The first kappa shape index (κ1) is 16.0. The van der Waals surface area contributed by atoms with Crippen LogP contribution in [0.25, 0.3) is 0 Å². The summed E-state index contributed by atoms with van der Waals surface area (Å²) in [4.78, 5) is 12.2. The van der Waals surface area contributed by atoms with Crippen LogP contribution in [-0.4, -0.2) is 18.0 Å². The first-order valence-electron chi connectivity index (χ1n) is 7.85. The molecule has 0 aliphatic heterocycles. The van der Waals surface area contributed by atoms with Crippen molar-refractivity contribution in [3.63, 3.8) is 0 Å². The second kappa shape index (κ2) is 6.58. The van der Waals surface area contributed by atoms with Crippen molar-refractivity contribution in [2.75, 3.05) is 6.54 Å². The second-order valence-electron chi connectivity index (χ2n) is 6.50. The lowest BCUT2D eigenvalue weighted by molar-refractivity contribution is -0.126. The summed E-state index contributed by atoms with van der Waals surface area (Å²) < 4.78 is 0. The topological polar surface area (TPSA) is 81.1 Å². The summed E-state index contributed by atoms with van der Waals surface area (Å²) in [6.07, 6.45) is 3.62. The Balaban J connectivity index is 1.89. The molecule has 0 saturated heterocycles. The molecule has 1 fully saturated rings. The van der Waals surface area contributed by atoms with E-state index in [1.807, 2.05) is 12.1 Å². The van der Waals surface area contributed by atoms with Crippen molar-refractivity contribution in [2.45, 2.75) is 57.0 Å². The van der Waals surface area contributed by atoms with Crippen molar-refractivity contribution in [1.29, 1.82) is 0 Å². The zero-order chi connectivity index (χ0) is 15.5. The lowest BCUT2D eigenvalue weighted by Crippen LogP contribution is -2.53. The third-order valence-electron chi connectivity index (χ3n) is 4.46. The Hall–Kier alpha value is -1.39. The van der Waals surface area contributed by atoms with Crippen molar-refractivity contribution >= 4 is 5.91 Å². The first-order valence-corrected chi connectivity index (χ1v) is 7.85. The van der Waals surface area contributed by atoms with Gasteiger partial charge in [0.1, 0.15) is 0 Å². The largest absolute Gasteiger partial charge is 0.353 e. The zero-order valence-electron chi connectivity index (χ0n) is 13.1. The van der Waals surface area contributed by atoms with E-state index in [4.69, 9.17) is 11.5 Å². The molecule has 1 saturated carbocycles. The smallest absolute Gasteiger partial charge is 0.240 e. The van der Waals surface area contributed by atoms with Crippen LogP contribution in [0.4, 0.5) is 0 Å². The molecule has 1 aromatic rings. The molecule has 1 aliphatic carbocycles. The zero-order valence-corrected chi connectivity index (χ0v) is 13.1. The average molecular weight is 289 g/mol. The van der Waals surface area contributed by atoms with E-state index >= 15 is 0 Å². The fraction of sp³-hybridized carbons (Fsp3) is 0.588. The highest BCUT2D eigenvalue weighted by Crippen LogP contribution is 2.27. The number of carbonyl (C=O) groups is 1. The summed E-state index contributed by atoms with van der Waals surface area (Å²) in [6, 6.07) is 8.09. The minimum atomic E-state index is -0.679. The minimum absolute atomic E-state index is 0.0609. The predicted molar refractivity (Wildman–Crippen MR) is 85.9 cm³/mol. The molecule has 5 N–H and O–H groups in total. The summed E-state index contributed by atoms with van der Waals surface area (Å²) >= 11 is 0. The second-order valence-corrected chi connectivity index (χ2v) is 6.50. The molecule has 116 valence electrons. The number of carbonyl (C=O) groups excluding carboxylic acids is 1. The van der Waals surface area contributed by atoms with Crippen LogP contribution in [0, 0.1) is 0 Å². The summed E-state index contributed by atoms with van der Waals surface area (Å²) in [5.74, 6) is 0.448. The van der Waals surface area contributed by atoms with E-state index in [9.17, 15) is 4.79 Å². The quantitative estimate of drug-likeness (QED) is 0.777. The molecule has 2 rings (SSSR count). The Morgan fingerprint density at radius 2 is 1.71 bits per heavy atom. The summed E-state index contributed by atoms with van der Waals surface area (Å²) in [5.41, 5.74) is 13.9. The van der Waals surface area contributed by atoms with Crippen molar-refractivity contribution in [3.05, 3.63) is 35.4 Å². The maximum atomic E-state index is 12.2. The average Bonchev–Trinajstić information content (AvgIpc) is 2.92. The summed E-state index contributed by atoms with van der Waals surface area (Å²) in [5, 5.41) is 2.91. The normalized spacial score (nSPS) is 18.7. The number of hydrogen-bond acceptors (Lipinski definition) is 3. The fourth-order valence-corrected chi connectivity index (χ4v) is 2.86. The molecule has 1 aliphatic rings. The van der Waals surface area contributed by atoms with Crippen LogP contribution in [0.3, 0.4) is 0 Å². The van der Waals surface area contributed by atoms with Gasteiger partial charge in [-0.05, 0) is 29.9 Å².